The molecule has 4 atom stereocenters. The van der Waals surface area contributed by atoms with Crippen molar-refractivity contribution in [1.29, 1.82) is 0 Å². The number of hydrogen-bond acceptors (Lipinski definition) is 20. The van der Waals surface area contributed by atoms with Gasteiger partial charge in [0.05, 0.1) is 153 Å². The number of hydrogen-bond donors (Lipinski definition) is 0. The highest BCUT2D eigenvalue weighted by atomic mass is 16.6. The zero-order valence-electron chi connectivity index (χ0n) is 63.6. The van der Waals surface area contributed by atoms with E-state index in [0.717, 1.165) is 96.6 Å². The van der Waals surface area contributed by atoms with Gasteiger partial charge in [-0.15, -0.1) is 0 Å². The first kappa shape index (κ1) is 81.7. The molecule has 0 unspecified atom stereocenters. The van der Waals surface area contributed by atoms with Crippen molar-refractivity contribution in [1.82, 2.24) is 0 Å². The Kier molecular flexibility index (Phi) is 34.7. The monoisotopic (exact) mass is 1440 g/mol. The van der Waals surface area contributed by atoms with Crippen LogP contribution in [0.3, 0.4) is 0 Å². The summed E-state index contributed by atoms with van der Waals surface area (Å²) < 4.78 is 114. The lowest BCUT2D eigenvalue weighted by Gasteiger charge is -2.28. The number of methoxy groups -OCH3 is 16. The summed E-state index contributed by atoms with van der Waals surface area (Å²) in [6.07, 6.45) is 7.06. The van der Waals surface area contributed by atoms with Crippen LogP contribution < -0.4 is 75.8 Å². The summed E-state index contributed by atoms with van der Waals surface area (Å²) in [5.74, 6) is 11.4. The molecule has 0 spiro atoms. The van der Waals surface area contributed by atoms with Crippen molar-refractivity contribution in [3.8, 4) is 92.0 Å². The van der Waals surface area contributed by atoms with Crippen LogP contribution in [0.25, 0.3) is 0 Å². The lowest BCUT2D eigenvalue weighted by Crippen LogP contribution is -2.25. The van der Waals surface area contributed by atoms with Gasteiger partial charge >= 0.3 is 0 Å². The summed E-state index contributed by atoms with van der Waals surface area (Å²) in [6, 6.07) is 48.7. The van der Waals surface area contributed by atoms with Crippen LogP contribution in [0, 0.1) is 23.7 Å². The fourth-order valence-corrected chi connectivity index (χ4v) is 12.8. The van der Waals surface area contributed by atoms with E-state index in [0.29, 0.717) is 134 Å². The summed E-state index contributed by atoms with van der Waals surface area (Å²) in [5.41, 5.74) is 8.70. The fourth-order valence-electron chi connectivity index (χ4n) is 12.8. The Morgan fingerprint density at radius 3 is 0.606 bits per heavy atom. The molecule has 0 saturated carbocycles. The van der Waals surface area contributed by atoms with Gasteiger partial charge in [-0.05, 0) is 217 Å². The molecule has 0 N–H and O–H groups in total. The average molecular weight is 1440 g/mol. The average Bonchev–Trinajstić information content (AvgIpc) is 0.851. The molecule has 0 aliphatic carbocycles. The van der Waals surface area contributed by atoms with Crippen molar-refractivity contribution in [3.05, 3.63) is 190 Å². The zero-order valence-corrected chi connectivity index (χ0v) is 63.6. The number of benzene rings is 8. The Morgan fingerprint density at radius 1 is 0.212 bits per heavy atom. The van der Waals surface area contributed by atoms with E-state index in [1.165, 1.54) is 22.3 Å². The smallest absolute Gasteiger partial charge is 0.203 e. The molecular weight excluding hydrogens is 1330 g/mol. The maximum Gasteiger partial charge on any atom is 0.203 e. The first-order valence-electron chi connectivity index (χ1n) is 34.8. The van der Waals surface area contributed by atoms with Gasteiger partial charge in [-0.1, -0.05) is 48.5 Å². The van der Waals surface area contributed by atoms with E-state index in [1.54, 1.807) is 114 Å². The molecule has 8 aromatic carbocycles. The van der Waals surface area contributed by atoms with Crippen LogP contribution >= 0.6 is 0 Å². The van der Waals surface area contributed by atoms with Crippen molar-refractivity contribution in [2.24, 2.45) is 23.7 Å². The minimum Gasteiger partial charge on any atom is -0.497 e. The minimum absolute atomic E-state index is 0.202. The Labute approximate surface area is 615 Å². The van der Waals surface area contributed by atoms with Crippen molar-refractivity contribution >= 4 is 0 Å². The van der Waals surface area contributed by atoms with E-state index in [4.69, 9.17) is 94.7 Å². The number of rotatable bonds is 46. The second-order valence-corrected chi connectivity index (χ2v) is 24.8. The van der Waals surface area contributed by atoms with Crippen molar-refractivity contribution in [2.45, 2.75) is 77.8 Å². The molecule has 564 valence electrons. The molecule has 0 saturated heterocycles. The molecule has 0 heterocycles. The van der Waals surface area contributed by atoms with Crippen molar-refractivity contribution in [2.75, 3.05) is 140 Å². The molecule has 0 amide bonds. The van der Waals surface area contributed by atoms with Gasteiger partial charge in [0.2, 0.25) is 23.0 Å². The molecule has 104 heavy (non-hydrogen) atoms. The lowest BCUT2D eigenvalue weighted by atomic mass is 9.80. The van der Waals surface area contributed by atoms with Crippen LogP contribution in [-0.4, -0.2) is 140 Å². The summed E-state index contributed by atoms with van der Waals surface area (Å²) in [4.78, 5) is 0. The third-order valence-electron chi connectivity index (χ3n) is 18.3. The Bertz CT molecular complexity index is 3420. The highest BCUT2D eigenvalue weighted by Crippen LogP contribution is 2.43. The third-order valence-corrected chi connectivity index (χ3v) is 18.3. The summed E-state index contributed by atoms with van der Waals surface area (Å²) in [5, 5.41) is 0. The molecule has 0 radical (unpaired) electrons. The third kappa shape index (κ3) is 24.3. The van der Waals surface area contributed by atoms with Crippen LogP contribution in [0.5, 0.6) is 92.0 Å². The molecule has 0 fully saturated rings. The summed E-state index contributed by atoms with van der Waals surface area (Å²) >= 11 is 0. The van der Waals surface area contributed by atoms with Gasteiger partial charge in [0.15, 0.2) is 46.0 Å². The summed E-state index contributed by atoms with van der Waals surface area (Å²) in [7, 11) is 26.0. The fraction of sp³-hybridized carbons (Fsp3) is 0.429. The molecule has 20 heteroatoms. The molecule has 0 aliphatic rings. The largest absolute Gasteiger partial charge is 0.497 e. The SMILES string of the molecule is COc1ccc(C[C@@H](CCCOCc2cc(OC)c(OC)c(OC)c2)[C@H](COCc2cc(OC)c(OC)c(OC)c2)Cc2ccc(OC)cc2)cc1.COc1ccc(C[C@H](CCCOCc2cc(OC)c(OC)c(OC)c2)[C@@H](COCc2cc(OC)c(OC)c(OC)c2)Cc2ccc(OC)cc2)cc1. The molecule has 8 rings (SSSR count). The standard InChI is InChI=1S/2C42H54O10/c2*1-43-35-15-11-29(12-16-35)20-33(10-9-19-51-26-31-22-37(45-3)41(49-7)38(23-31)46-4)34(21-30-13-17-36(44-2)18-14-30)28-52-27-32-24-39(47-5)42(50-8)40(25-32)48-6/h2*11-18,22-25,33-34H,9-10,19-21,26-28H2,1-8H3/t2*33-,34+/m10/s1. The normalized spacial score (nSPS) is 12.1. The Morgan fingerprint density at radius 2 is 0.413 bits per heavy atom. The highest BCUT2D eigenvalue weighted by Gasteiger charge is 2.27. The van der Waals surface area contributed by atoms with E-state index in [1.807, 2.05) is 97.1 Å². The van der Waals surface area contributed by atoms with Crippen LogP contribution in [0.1, 0.15) is 70.2 Å². The maximum atomic E-state index is 6.51. The quantitative estimate of drug-likeness (QED) is 0.0328. The van der Waals surface area contributed by atoms with E-state index in [-0.39, 0.29) is 11.8 Å². The van der Waals surface area contributed by atoms with Crippen molar-refractivity contribution < 1.29 is 94.7 Å². The van der Waals surface area contributed by atoms with Gasteiger partial charge in [0.1, 0.15) is 23.0 Å². The molecule has 0 aromatic heterocycles. The molecule has 0 aliphatic heterocycles. The predicted octanol–water partition coefficient (Wildman–Crippen LogP) is 16.0. The van der Waals surface area contributed by atoms with E-state index in [9.17, 15) is 0 Å². The second-order valence-electron chi connectivity index (χ2n) is 24.8. The minimum atomic E-state index is 0.202. The maximum absolute atomic E-state index is 6.51. The van der Waals surface area contributed by atoms with Gasteiger partial charge in [0, 0.05) is 13.2 Å². The van der Waals surface area contributed by atoms with Gasteiger partial charge in [-0.25, -0.2) is 0 Å². The zero-order chi connectivity index (χ0) is 74.6. The number of ether oxygens (including phenoxy) is 20. The predicted molar refractivity (Wildman–Crippen MR) is 402 cm³/mol. The van der Waals surface area contributed by atoms with Crippen LogP contribution in [0.15, 0.2) is 146 Å². The van der Waals surface area contributed by atoms with E-state index < -0.39 is 0 Å². The van der Waals surface area contributed by atoms with Gasteiger partial charge in [0.25, 0.3) is 0 Å². The van der Waals surface area contributed by atoms with Gasteiger partial charge in [-0.2, -0.15) is 0 Å². The lowest BCUT2D eigenvalue weighted by molar-refractivity contribution is 0.0578. The first-order chi connectivity index (χ1) is 50.8. The second kappa shape index (κ2) is 44.1. The summed E-state index contributed by atoms with van der Waals surface area (Å²) in [6.45, 7) is 3.92. The Hall–Kier alpha value is -9.60. The van der Waals surface area contributed by atoms with Crippen LogP contribution in [0.2, 0.25) is 0 Å². The van der Waals surface area contributed by atoms with Crippen molar-refractivity contribution in [3.63, 3.8) is 0 Å². The van der Waals surface area contributed by atoms with Crippen LogP contribution in [-0.2, 0) is 71.1 Å². The molecule has 20 nitrogen and oxygen atoms in total. The van der Waals surface area contributed by atoms with Gasteiger partial charge < -0.3 is 94.7 Å². The van der Waals surface area contributed by atoms with Gasteiger partial charge in [-0.3, -0.25) is 0 Å². The topological polar surface area (TPSA) is 185 Å². The molecule has 8 aromatic rings. The Balaban J connectivity index is 0.000000291. The molecular formula is C84H108O20. The van der Waals surface area contributed by atoms with Crippen LogP contribution in [0.4, 0.5) is 0 Å². The molecule has 0 bridgehead atoms. The van der Waals surface area contributed by atoms with E-state index >= 15 is 0 Å². The first-order valence-corrected chi connectivity index (χ1v) is 34.8. The van der Waals surface area contributed by atoms with E-state index in [2.05, 4.69) is 48.5 Å². The highest BCUT2D eigenvalue weighted by molar-refractivity contribution is 5.56.